The molecule has 0 saturated carbocycles. The van der Waals surface area contributed by atoms with Crippen LogP contribution in [-0.2, 0) is 32.6 Å². The second-order valence-electron chi connectivity index (χ2n) is 9.84. The molecule has 7 nitrogen and oxygen atoms in total. The topological polar surface area (TPSA) is 86.8 Å². The Morgan fingerprint density at radius 3 is 2.12 bits per heavy atom. The fourth-order valence-electron chi connectivity index (χ4n) is 4.12. The summed E-state index contributed by atoms with van der Waals surface area (Å²) in [4.78, 5) is 29.0. The van der Waals surface area contributed by atoms with Crippen molar-refractivity contribution in [2.24, 2.45) is 0 Å². The van der Waals surface area contributed by atoms with Gasteiger partial charge in [0.1, 0.15) is 12.6 Å². The molecule has 1 atom stereocenters. The Kier molecular flexibility index (Phi) is 10.9. The lowest BCUT2D eigenvalue weighted by Crippen LogP contribution is -2.54. The van der Waals surface area contributed by atoms with E-state index in [1.807, 2.05) is 44.2 Å². The van der Waals surface area contributed by atoms with E-state index < -0.39 is 28.5 Å². The molecule has 0 fully saturated rings. The minimum Gasteiger partial charge on any atom is -0.352 e. The third-order valence-electron chi connectivity index (χ3n) is 6.16. The van der Waals surface area contributed by atoms with Gasteiger partial charge in [-0.05, 0) is 61.7 Å². The van der Waals surface area contributed by atoms with Crippen molar-refractivity contribution in [1.82, 2.24) is 10.2 Å². The van der Waals surface area contributed by atoms with Crippen LogP contribution in [0.5, 0.6) is 0 Å². The smallest absolute Gasteiger partial charge is 0.244 e. The fourth-order valence-corrected chi connectivity index (χ4v) is 5.46. The molecule has 3 aromatic rings. The van der Waals surface area contributed by atoms with Crippen LogP contribution in [0, 0.1) is 6.92 Å². The maximum atomic E-state index is 14.1. The van der Waals surface area contributed by atoms with Gasteiger partial charge in [-0.15, -0.1) is 0 Å². The fraction of sp³-hybridized carbons (Fsp3) is 0.310. The zero-order valence-corrected chi connectivity index (χ0v) is 25.8. The minimum absolute atomic E-state index is 0.00893. The van der Waals surface area contributed by atoms with Crippen molar-refractivity contribution in [3.63, 3.8) is 0 Å². The molecule has 0 radical (unpaired) electrons. The second kappa shape index (κ2) is 13.7. The number of halogens is 3. The third-order valence-corrected chi connectivity index (χ3v) is 8.45. The number of anilines is 1. The van der Waals surface area contributed by atoms with Gasteiger partial charge in [-0.25, -0.2) is 8.42 Å². The highest BCUT2D eigenvalue weighted by Gasteiger charge is 2.33. The Morgan fingerprint density at radius 1 is 0.875 bits per heavy atom. The summed E-state index contributed by atoms with van der Waals surface area (Å²) in [5, 5.41) is 3.91. The van der Waals surface area contributed by atoms with Crippen molar-refractivity contribution >= 4 is 62.3 Å². The summed E-state index contributed by atoms with van der Waals surface area (Å²) in [5.74, 6) is -0.940. The molecule has 1 unspecified atom stereocenters. The Balaban J connectivity index is 2.08. The lowest BCUT2D eigenvalue weighted by Gasteiger charge is -2.34. The van der Waals surface area contributed by atoms with E-state index in [-0.39, 0.29) is 30.6 Å². The number of nitrogens with zero attached hydrogens (tertiary/aromatic N) is 2. The number of hydrogen-bond donors (Lipinski definition) is 1. The monoisotopic (exact) mass is 623 g/mol. The zero-order chi connectivity index (χ0) is 29.6. The van der Waals surface area contributed by atoms with E-state index in [0.717, 1.165) is 21.7 Å². The van der Waals surface area contributed by atoms with Crippen LogP contribution >= 0.6 is 34.8 Å². The zero-order valence-electron chi connectivity index (χ0n) is 22.7. The number of aryl methyl sites for hydroxylation is 1. The lowest BCUT2D eigenvalue weighted by molar-refractivity contribution is -0.140. The van der Waals surface area contributed by atoms with E-state index in [0.29, 0.717) is 20.6 Å². The predicted molar refractivity (Wildman–Crippen MR) is 163 cm³/mol. The van der Waals surface area contributed by atoms with Crippen molar-refractivity contribution in [3.05, 3.63) is 98.5 Å². The van der Waals surface area contributed by atoms with E-state index in [4.69, 9.17) is 34.8 Å². The third kappa shape index (κ3) is 8.61. The normalized spacial score (nSPS) is 12.2. The van der Waals surface area contributed by atoms with Gasteiger partial charge in [0, 0.05) is 24.0 Å². The van der Waals surface area contributed by atoms with Crippen molar-refractivity contribution in [2.75, 3.05) is 17.1 Å². The van der Waals surface area contributed by atoms with Gasteiger partial charge in [0.05, 0.1) is 22.0 Å². The van der Waals surface area contributed by atoms with Crippen LogP contribution in [0.15, 0.2) is 66.7 Å². The Hall–Kier alpha value is -2.78. The van der Waals surface area contributed by atoms with Crippen LogP contribution in [-0.4, -0.2) is 50.0 Å². The maximum Gasteiger partial charge on any atom is 0.244 e. The summed E-state index contributed by atoms with van der Waals surface area (Å²) < 4.78 is 26.7. The van der Waals surface area contributed by atoms with Crippen molar-refractivity contribution in [1.29, 1.82) is 0 Å². The number of hydrogen-bond acceptors (Lipinski definition) is 4. The highest BCUT2D eigenvalue weighted by Crippen LogP contribution is 2.27. The number of carbonyl (C=O) groups is 2. The van der Waals surface area contributed by atoms with Crippen LogP contribution in [0.1, 0.15) is 30.5 Å². The summed E-state index contributed by atoms with van der Waals surface area (Å²) >= 11 is 18.6. The van der Waals surface area contributed by atoms with Crippen molar-refractivity contribution in [3.8, 4) is 0 Å². The summed E-state index contributed by atoms with van der Waals surface area (Å²) in [5.41, 5.74) is 2.47. The van der Waals surface area contributed by atoms with Gasteiger partial charge < -0.3 is 10.2 Å². The lowest BCUT2D eigenvalue weighted by atomic mass is 10.0. The molecule has 0 spiro atoms. The first-order valence-corrected chi connectivity index (χ1v) is 15.6. The molecule has 2 amide bonds. The number of sulfonamides is 1. The summed E-state index contributed by atoms with van der Waals surface area (Å²) in [6.45, 7) is 4.90. The van der Waals surface area contributed by atoms with Crippen LogP contribution in [0.4, 0.5) is 5.69 Å². The molecule has 0 bridgehead atoms. The highest BCUT2D eigenvalue weighted by molar-refractivity contribution is 7.92. The van der Waals surface area contributed by atoms with Gasteiger partial charge >= 0.3 is 0 Å². The standard InChI is InChI=1S/C29H32Cl3N3O4S/c1-19(2)33-29(37)27(15-21-8-6-5-7-9-21)34(17-22-11-13-24(30)26(32)14-22)28(36)18-35(40(4,38)39)23-12-10-20(3)25(31)16-23/h5-14,16,19,27H,15,17-18H2,1-4H3,(H,33,37). The number of benzene rings is 3. The summed E-state index contributed by atoms with van der Waals surface area (Å²) in [6, 6.07) is 17.9. The molecule has 0 aromatic heterocycles. The van der Waals surface area contributed by atoms with Gasteiger partial charge in [0.15, 0.2) is 0 Å². The second-order valence-corrected chi connectivity index (χ2v) is 13.0. The molecule has 3 aromatic carbocycles. The van der Waals surface area contributed by atoms with Gasteiger partial charge in [-0.1, -0.05) is 77.3 Å². The number of carbonyl (C=O) groups excluding carboxylic acids is 2. The van der Waals surface area contributed by atoms with Crippen LogP contribution in [0.2, 0.25) is 15.1 Å². The molecule has 0 aliphatic carbocycles. The van der Waals surface area contributed by atoms with E-state index in [2.05, 4.69) is 5.32 Å². The van der Waals surface area contributed by atoms with E-state index in [1.165, 1.54) is 11.0 Å². The average Bonchev–Trinajstić information content (AvgIpc) is 2.88. The molecule has 214 valence electrons. The van der Waals surface area contributed by atoms with Gasteiger partial charge in [0.2, 0.25) is 21.8 Å². The first kappa shape index (κ1) is 31.7. The molecular weight excluding hydrogens is 593 g/mol. The van der Waals surface area contributed by atoms with E-state index in [9.17, 15) is 18.0 Å². The molecule has 0 aliphatic rings. The van der Waals surface area contributed by atoms with Gasteiger partial charge in [0.25, 0.3) is 0 Å². The molecular formula is C29H32Cl3N3O4S. The average molecular weight is 625 g/mol. The van der Waals surface area contributed by atoms with E-state index in [1.54, 1.807) is 37.3 Å². The molecule has 40 heavy (non-hydrogen) atoms. The summed E-state index contributed by atoms with van der Waals surface area (Å²) in [6.07, 6.45) is 1.23. The minimum atomic E-state index is -3.90. The Morgan fingerprint density at radius 2 is 1.55 bits per heavy atom. The highest BCUT2D eigenvalue weighted by atomic mass is 35.5. The maximum absolute atomic E-state index is 14.1. The molecule has 0 heterocycles. The Bertz CT molecular complexity index is 1470. The van der Waals surface area contributed by atoms with Crippen LogP contribution < -0.4 is 9.62 Å². The number of nitrogens with one attached hydrogen (secondary N) is 1. The predicted octanol–water partition coefficient (Wildman–Crippen LogP) is 5.89. The number of rotatable bonds is 11. The number of amides is 2. The Labute approximate surface area is 251 Å². The van der Waals surface area contributed by atoms with Gasteiger partial charge in [-0.2, -0.15) is 0 Å². The first-order valence-electron chi connectivity index (χ1n) is 12.6. The first-order chi connectivity index (χ1) is 18.8. The summed E-state index contributed by atoms with van der Waals surface area (Å²) in [7, 11) is -3.90. The van der Waals surface area contributed by atoms with Crippen molar-refractivity contribution in [2.45, 2.75) is 45.8 Å². The largest absolute Gasteiger partial charge is 0.352 e. The molecule has 0 saturated heterocycles. The van der Waals surface area contributed by atoms with Crippen LogP contribution in [0.25, 0.3) is 0 Å². The molecule has 3 rings (SSSR count). The molecule has 1 N–H and O–H groups in total. The quantitative estimate of drug-likeness (QED) is 0.289. The van der Waals surface area contributed by atoms with Crippen molar-refractivity contribution < 1.29 is 18.0 Å². The SMILES string of the molecule is Cc1ccc(N(CC(=O)N(Cc2ccc(Cl)c(Cl)c2)C(Cc2ccccc2)C(=O)NC(C)C)S(C)(=O)=O)cc1Cl. The van der Waals surface area contributed by atoms with Gasteiger partial charge in [-0.3, -0.25) is 13.9 Å². The molecule has 0 aliphatic heterocycles. The molecule has 11 heteroatoms. The van der Waals surface area contributed by atoms with Crippen LogP contribution in [0.3, 0.4) is 0 Å². The van der Waals surface area contributed by atoms with E-state index >= 15 is 0 Å².